The van der Waals surface area contributed by atoms with Gasteiger partial charge in [-0.25, -0.2) is 0 Å². The van der Waals surface area contributed by atoms with Crippen LogP contribution in [0.1, 0.15) is 11.5 Å². The number of rotatable bonds is 7. The molecule has 0 spiro atoms. The van der Waals surface area contributed by atoms with E-state index in [0.717, 1.165) is 5.69 Å². The van der Waals surface area contributed by atoms with E-state index in [0.29, 0.717) is 35.3 Å². The Morgan fingerprint density at radius 1 is 1.11 bits per heavy atom. The van der Waals surface area contributed by atoms with Crippen LogP contribution in [0.4, 0.5) is 0 Å². The Bertz CT molecular complexity index is 1050. The average molecular weight is 368 g/mol. The summed E-state index contributed by atoms with van der Waals surface area (Å²) in [6.45, 7) is 0.554. The zero-order valence-electron chi connectivity index (χ0n) is 14.7. The molecule has 0 fully saturated rings. The van der Waals surface area contributed by atoms with Crippen LogP contribution in [-0.2, 0) is 18.0 Å². The summed E-state index contributed by atoms with van der Waals surface area (Å²) >= 11 is 0. The van der Waals surface area contributed by atoms with Crippen LogP contribution in [0.15, 0.2) is 41.1 Å². The second kappa shape index (κ2) is 7.38. The van der Waals surface area contributed by atoms with Crippen LogP contribution < -0.4 is 9.47 Å². The Hall–Kier alpha value is -3.53. The van der Waals surface area contributed by atoms with Crippen LogP contribution in [-0.4, -0.2) is 44.2 Å². The summed E-state index contributed by atoms with van der Waals surface area (Å²) in [6, 6.07) is 9.00. The van der Waals surface area contributed by atoms with E-state index in [1.54, 1.807) is 25.4 Å². The first-order chi connectivity index (χ1) is 13.3. The molecular weight excluding hydrogens is 352 g/mol. The van der Waals surface area contributed by atoms with Crippen LogP contribution in [0.3, 0.4) is 0 Å². The zero-order valence-corrected chi connectivity index (χ0v) is 14.7. The minimum Gasteiger partial charge on any atom is -0.491 e. The van der Waals surface area contributed by atoms with Crippen molar-refractivity contribution in [2.75, 3.05) is 14.2 Å². The topological polar surface area (TPSA) is 110 Å². The maximum Gasteiger partial charge on any atom is 0.275 e. The molecule has 0 aliphatic heterocycles. The molecule has 0 aliphatic carbocycles. The molecule has 0 radical (unpaired) electrons. The fraction of sp³-hybridized carbons (Fsp3) is 0.235. The second-order valence-electron chi connectivity index (χ2n) is 5.53. The van der Waals surface area contributed by atoms with Crippen LogP contribution >= 0.6 is 0 Å². The molecule has 0 saturated carbocycles. The van der Waals surface area contributed by atoms with Crippen molar-refractivity contribution in [2.45, 2.75) is 13.2 Å². The van der Waals surface area contributed by atoms with Gasteiger partial charge in [0.1, 0.15) is 13.2 Å². The molecule has 0 aromatic carbocycles. The first-order valence-corrected chi connectivity index (χ1v) is 8.06. The highest BCUT2D eigenvalue weighted by molar-refractivity contribution is 5.56. The van der Waals surface area contributed by atoms with Gasteiger partial charge in [0.25, 0.3) is 5.88 Å². The predicted molar refractivity (Wildman–Crippen MR) is 92.1 cm³/mol. The molecule has 4 rings (SSSR count). The molecule has 0 bridgehead atoms. The van der Waals surface area contributed by atoms with E-state index in [4.69, 9.17) is 18.7 Å². The lowest BCUT2D eigenvalue weighted by Crippen LogP contribution is -2.05. The Labute approximate surface area is 153 Å². The molecule has 0 aliphatic rings. The van der Waals surface area contributed by atoms with Crippen LogP contribution in [0.2, 0.25) is 0 Å². The summed E-state index contributed by atoms with van der Waals surface area (Å²) in [5.41, 5.74) is 1.75. The first kappa shape index (κ1) is 16.9. The molecule has 4 aromatic rings. The Morgan fingerprint density at radius 3 is 2.81 bits per heavy atom. The van der Waals surface area contributed by atoms with E-state index in [-0.39, 0.29) is 12.5 Å². The van der Waals surface area contributed by atoms with E-state index in [1.807, 2.05) is 18.2 Å². The van der Waals surface area contributed by atoms with Crippen LogP contribution in [0, 0.1) is 0 Å². The SMILES string of the molecule is COCc1cc(-c2nnc3cc(OC)c(OCc4ccccn4)nn23)no1. The lowest BCUT2D eigenvalue weighted by atomic mass is 10.3. The van der Waals surface area contributed by atoms with Crippen molar-refractivity contribution in [3.63, 3.8) is 0 Å². The molecule has 10 heteroatoms. The third-order valence-electron chi connectivity index (χ3n) is 3.70. The number of hydrogen-bond acceptors (Lipinski definition) is 9. The third kappa shape index (κ3) is 3.42. The number of aromatic nitrogens is 6. The van der Waals surface area contributed by atoms with E-state index in [9.17, 15) is 0 Å². The predicted octanol–water partition coefficient (Wildman–Crippen LogP) is 1.91. The summed E-state index contributed by atoms with van der Waals surface area (Å²) in [5.74, 6) is 1.72. The quantitative estimate of drug-likeness (QED) is 0.483. The first-order valence-electron chi connectivity index (χ1n) is 8.06. The van der Waals surface area contributed by atoms with Gasteiger partial charge in [-0.15, -0.1) is 15.3 Å². The number of pyridine rings is 1. The highest BCUT2D eigenvalue weighted by atomic mass is 16.5. The number of nitrogens with zero attached hydrogens (tertiary/aromatic N) is 6. The van der Waals surface area contributed by atoms with E-state index >= 15 is 0 Å². The molecule has 4 heterocycles. The largest absolute Gasteiger partial charge is 0.491 e. The van der Waals surface area contributed by atoms with Gasteiger partial charge in [-0.3, -0.25) is 4.98 Å². The molecule has 0 N–H and O–H groups in total. The normalized spacial score (nSPS) is 11.0. The van der Waals surface area contributed by atoms with Gasteiger partial charge in [-0.2, -0.15) is 4.52 Å². The fourth-order valence-corrected chi connectivity index (χ4v) is 2.46. The molecule has 0 amide bonds. The molecule has 4 aromatic heterocycles. The smallest absolute Gasteiger partial charge is 0.275 e. The van der Waals surface area contributed by atoms with Crippen LogP contribution in [0.25, 0.3) is 17.2 Å². The highest BCUT2D eigenvalue weighted by Crippen LogP contribution is 2.28. The van der Waals surface area contributed by atoms with E-state index in [1.165, 1.54) is 11.6 Å². The minimum absolute atomic E-state index is 0.245. The van der Waals surface area contributed by atoms with Gasteiger partial charge in [0.15, 0.2) is 22.9 Å². The van der Waals surface area contributed by atoms with E-state index < -0.39 is 0 Å². The minimum atomic E-state index is 0.245. The van der Waals surface area contributed by atoms with Gasteiger partial charge < -0.3 is 18.7 Å². The summed E-state index contributed by atoms with van der Waals surface area (Å²) in [7, 11) is 3.11. The van der Waals surface area contributed by atoms with Gasteiger partial charge in [-0.05, 0) is 12.1 Å². The Balaban J connectivity index is 1.68. The zero-order chi connectivity index (χ0) is 18.6. The van der Waals surface area contributed by atoms with Gasteiger partial charge >= 0.3 is 0 Å². The molecule has 27 heavy (non-hydrogen) atoms. The lowest BCUT2D eigenvalue weighted by Gasteiger charge is -2.09. The van der Waals surface area contributed by atoms with Crippen molar-refractivity contribution in [1.29, 1.82) is 0 Å². The van der Waals surface area contributed by atoms with Gasteiger partial charge in [-0.1, -0.05) is 11.2 Å². The molecule has 0 unspecified atom stereocenters. The molecule has 138 valence electrons. The second-order valence-corrected chi connectivity index (χ2v) is 5.53. The Kier molecular flexibility index (Phi) is 4.62. The molecule has 10 nitrogen and oxygen atoms in total. The lowest BCUT2D eigenvalue weighted by molar-refractivity contribution is 0.156. The summed E-state index contributed by atoms with van der Waals surface area (Å²) in [4.78, 5) is 4.23. The van der Waals surface area contributed by atoms with E-state index in [2.05, 4.69) is 25.4 Å². The van der Waals surface area contributed by atoms with Gasteiger partial charge in [0, 0.05) is 25.4 Å². The third-order valence-corrected chi connectivity index (χ3v) is 3.70. The van der Waals surface area contributed by atoms with Crippen molar-refractivity contribution < 1.29 is 18.7 Å². The average Bonchev–Trinajstić information content (AvgIpc) is 3.33. The van der Waals surface area contributed by atoms with Crippen molar-refractivity contribution in [3.8, 4) is 23.1 Å². The van der Waals surface area contributed by atoms with Crippen molar-refractivity contribution in [1.82, 2.24) is 30.0 Å². The molecular formula is C17H16N6O4. The van der Waals surface area contributed by atoms with Crippen LogP contribution in [0.5, 0.6) is 11.6 Å². The van der Waals surface area contributed by atoms with Crippen molar-refractivity contribution in [3.05, 3.63) is 48.0 Å². The van der Waals surface area contributed by atoms with Gasteiger partial charge in [0.05, 0.1) is 12.8 Å². The molecule has 0 saturated heterocycles. The highest BCUT2D eigenvalue weighted by Gasteiger charge is 2.18. The van der Waals surface area contributed by atoms with Crippen molar-refractivity contribution in [2.24, 2.45) is 0 Å². The standard InChI is InChI=1S/C17H16N6O4/c1-24-10-12-7-13(22-27-12)16-20-19-15-8-14(25-2)17(21-23(15)16)26-9-11-5-3-4-6-18-11/h3-8H,9-10H2,1-2H3. The van der Waals surface area contributed by atoms with Crippen molar-refractivity contribution >= 4 is 5.65 Å². The number of hydrogen-bond donors (Lipinski definition) is 0. The Morgan fingerprint density at radius 2 is 2.04 bits per heavy atom. The maximum atomic E-state index is 5.79. The number of ether oxygens (including phenoxy) is 3. The summed E-state index contributed by atoms with van der Waals surface area (Å²) in [6.07, 6.45) is 1.70. The fourth-order valence-electron chi connectivity index (χ4n) is 2.46. The summed E-state index contributed by atoms with van der Waals surface area (Å²) in [5, 5.41) is 16.7. The monoisotopic (exact) mass is 368 g/mol. The number of fused-ring (bicyclic) bond motifs is 1. The summed E-state index contributed by atoms with van der Waals surface area (Å²) < 4.78 is 22.9. The maximum absolute atomic E-state index is 5.79. The number of methoxy groups -OCH3 is 2. The molecule has 0 atom stereocenters. The van der Waals surface area contributed by atoms with Gasteiger partial charge in [0.2, 0.25) is 5.82 Å².